The lowest BCUT2D eigenvalue weighted by molar-refractivity contribution is -0.140. The molecular weight excluding hydrogens is 343 g/mol. The van der Waals surface area contributed by atoms with Gasteiger partial charge in [0.05, 0.1) is 13.2 Å². The zero-order chi connectivity index (χ0) is 17.7. The summed E-state index contributed by atoms with van der Waals surface area (Å²) in [7, 11) is 1.56. The van der Waals surface area contributed by atoms with Gasteiger partial charge in [-0.2, -0.15) is 13.2 Å². The van der Waals surface area contributed by atoms with Crippen molar-refractivity contribution in [3.8, 4) is 5.75 Å². The SMILES string of the molecule is CCC(NC(=O)Nc1nc(C(F)(F)F)cs1)c1ccc(OC)cc1. The van der Waals surface area contributed by atoms with Crippen LogP contribution in [-0.2, 0) is 6.18 Å². The van der Waals surface area contributed by atoms with E-state index in [4.69, 9.17) is 4.74 Å². The Bertz CT molecular complexity index is 686. The normalized spacial score (nSPS) is 12.5. The predicted molar refractivity (Wildman–Crippen MR) is 85.3 cm³/mol. The molecule has 2 rings (SSSR count). The Hall–Kier alpha value is -2.29. The number of ether oxygens (including phenoxy) is 1. The molecule has 5 nitrogen and oxygen atoms in total. The third-order valence-electron chi connectivity index (χ3n) is 3.25. The van der Waals surface area contributed by atoms with Crippen molar-refractivity contribution in [3.63, 3.8) is 0 Å². The molecule has 0 aliphatic heterocycles. The van der Waals surface area contributed by atoms with Crippen LogP contribution in [0.15, 0.2) is 29.6 Å². The lowest BCUT2D eigenvalue weighted by Crippen LogP contribution is -2.32. The minimum atomic E-state index is -4.53. The van der Waals surface area contributed by atoms with Gasteiger partial charge in [-0.3, -0.25) is 5.32 Å². The minimum Gasteiger partial charge on any atom is -0.497 e. The topological polar surface area (TPSA) is 63.2 Å². The van der Waals surface area contributed by atoms with E-state index in [2.05, 4.69) is 15.6 Å². The van der Waals surface area contributed by atoms with Crippen LogP contribution in [0.5, 0.6) is 5.75 Å². The lowest BCUT2D eigenvalue weighted by Gasteiger charge is -2.17. The number of thiazole rings is 1. The highest BCUT2D eigenvalue weighted by atomic mass is 32.1. The number of amides is 2. The summed E-state index contributed by atoms with van der Waals surface area (Å²) in [6, 6.07) is 6.29. The number of carbonyl (C=O) groups excluding carboxylic acids is 1. The van der Waals surface area contributed by atoms with Gasteiger partial charge in [0.1, 0.15) is 5.75 Å². The van der Waals surface area contributed by atoms with Crippen LogP contribution in [0, 0.1) is 0 Å². The first-order chi connectivity index (χ1) is 11.3. The molecule has 24 heavy (non-hydrogen) atoms. The molecule has 0 radical (unpaired) electrons. The highest BCUT2D eigenvalue weighted by Crippen LogP contribution is 2.31. The van der Waals surface area contributed by atoms with E-state index in [1.807, 2.05) is 19.1 Å². The Morgan fingerprint density at radius 2 is 2.00 bits per heavy atom. The van der Waals surface area contributed by atoms with E-state index in [1.54, 1.807) is 19.2 Å². The molecular formula is C15H16F3N3O2S. The van der Waals surface area contributed by atoms with Gasteiger partial charge in [-0.1, -0.05) is 19.1 Å². The van der Waals surface area contributed by atoms with E-state index in [0.717, 1.165) is 22.3 Å². The minimum absolute atomic E-state index is 0.107. The molecule has 2 N–H and O–H groups in total. The first kappa shape index (κ1) is 18.1. The number of rotatable bonds is 5. The van der Waals surface area contributed by atoms with Gasteiger partial charge in [0.25, 0.3) is 0 Å². The van der Waals surface area contributed by atoms with Gasteiger partial charge < -0.3 is 10.1 Å². The summed E-state index contributed by atoms with van der Waals surface area (Å²) in [4.78, 5) is 15.3. The van der Waals surface area contributed by atoms with Crippen molar-refractivity contribution in [3.05, 3.63) is 40.9 Å². The number of urea groups is 1. The molecule has 0 saturated carbocycles. The summed E-state index contributed by atoms with van der Waals surface area (Å²) in [6.07, 6.45) is -3.91. The van der Waals surface area contributed by atoms with Crippen LogP contribution < -0.4 is 15.4 Å². The van der Waals surface area contributed by atoms with Crippen molar-refractivity contribution >= 4 is 22.5 Å². The van der Waals surface area contributed by atoms with Crippen molar-refractivity contribution < 1.29 is 22.7 Å². The van der Waals surface area contributed by atoms with Gasteiger partial charge >= 0.3 is 12.2 Å². The van der Waals surface area contributed by atoms with Gasteiger partial charge in [0, 0.05) is 5.38 Å². The predicted octanol–water partition coefficient (Wildman–Crippen LogP) is 4.44. The molecule has 1 atom stereocenters. The number of hydrogen-bond donors (Lipinski definition) is 2. The number of nitrogens with zero attached hydrogens (tertiary/aromatic N) is 1. The summed E-state index contributed by atoms with van der Waals surface area (Å²) in [5, 5.41) is 5.79. The van der Waals surface area contributed by atoms with Crippen LogP contribution in [0.1, 0.15) is 30.6 Å². The molecule has 0 fully saturated rings. The summed E-state index contributed by atoms with van der Waals surface area (Å²) in [6.45, 7) is 1.89. The highest BCUT2D eigenvalue weighted by molar-refractivity contribution is 7.13. The molecule has 1 aromatic carbocycles. The Balaban J connectivity index is 2.00. The highest BCUT2D eigenvalue weighted by Gasteiger charge is 2.33. The molecule has 130 valence electrons. The summed E-state index contributed by atoms with van der Waals surface area (Å²) in [5.41, 5.74) is -0.159. The molecule has 2 amide bonds. The van der Waals surface area contributed by atoms with E-state index < -0.39 is 17.9 Å². The molecule has 9 heteroatoms. The number of hydrogen-bond acceptors (Lipinski definition) is 4. The molecule has 1 heterocycles. The Morgan fingerprint density at radius 3 is 2.50 bits per heavy atom. The fraction of sp³-hybridized carbons (Fsp3) is 0.333. The van der Waals surface area contributed by atoms with Gasteiger partial charge in [-0.05, 0) is 24.1 Å². The van der Waals surface area contributed by atoms with Gasteiger partial charge in [-0.15, -0.1) is 11.3 Å². The van der Waals surface area contributed by atoms with E-state index in [0.29, 0.717) is 12.2 Å². The Kier molecular flexibility index (Phi) is 5.66. The maximum absolute atomic E-state index is 12.5. The van der Waals surface area contributed by atoms with Gasteiger partial charge in [0.15, 0.2) is 10.8 Å². The summed E-state index contributed by atoms with van der Waals surface area (Å²) in [5.74, 6) is 0.695. The van der Waals surface area contributed by atoms with E-state index in [9.17, 15) is 18.0 Å². The number of aromatic nitrogens is 1. The van der Waals surface area contributed by atoms with Crippen LogP contribution in [0.25, 0.3) is 0 Å². The molecule has 0 saturated heterocycles. The number of nitrogens with one attached hydrogen (secondary N) is 2. The Labute approximate surface area is 140 Å². The van der Waals surface area contributed by atoms with Crippen molar-refractivity contribution in [2.45, 2.75) is 25.6 Å². The lowest BCUT2D eigenvalue weighted by atomic mass is 10.0. The average molecular weight is 359 g/mol. The number of halogens is 3. The average Bonchev–Trinajstić information content (AvgIpc) is 3.01. The van der Waals surface area contributed by atoms with Crippen molar-refractivity contribution in [2.75, 3.05) is 12.4 Å². The summed E-state index contributed by atoms with van der Waals surface area (Å²) >= 11 is 0.721. The molecule has 1 unspecified atom stereocenters. The molecule has 0 bridgehead atoms. The van der Waals surface area contributed by atoms with Crippen LogP contribution in [0.2, 0.25) is 0 Å². The molecule has 2 aromatic rings. The first-order valence-electron chi connectivity index (χ1n) is 7.07. The van der Waals surface area contributed by atoms with Crippen LogP contribution >= 0.6 is 11.3 Å². The fourth-order valence-corrected chi connectivity index (χ4v) is 2.72. The molecule has 0 aliphatic carbocycles. The zero-order valence-corrected chi connectivity index (χ0v) is 13.8. The van der Waals surface area contributed by atoms with E-state index in [1.165, 1.54) is 0 Å². The second-order valence-electron chi connectivity index (χ2n) is 4.87. The molecule has 0 aliphatic rings. The molecule has 1 aromatic heterocycles. The van der Waals surface area contributed by atoms with Gasteiger partial charge in [-0.25, -0.2) is 9.78 Å². The number of alkyl halides is 3. The number of methoxy groups -OCH3 is 1. The maximum atomic E-state index is 12.5. The fourth-order valence-electron chi connectivity index (χ4n) is 2.01. The number of benzene rings is 1. The van der Waals surface area contributed by atoms with Crippen LogP contribution in [0.4, 0.5) is 23.1 Å². The van der Waals surface area contributed by atoms with Crippen molar-refractivity contribution in [1.82, 2.24) is 10.3 Å². The smallest absolute Gasteiger partial charge is 0.434 e. The van der Waals surface area contributed by atoms with Crippen molar-refractivity contribution in [1.29, 1.82) is 0 Å². The summed E-state index contributed by atoms with van der Waals surface area (Å²) < 4.78 is 42.6. The second kappa shape index (κ2) is 7.52. The Morgan fingerprint density at radius 1 is 1.33 bits per heavy atom. The third kappa shape index (κ3) is 4.60. The van der Waals surface area contributed by atoms with Crippen LogP contribution in [-0.4, -0.2) is 18.1 Å². The largest absolute Gasteiger partial charge is 0.497 e. The van der Waals surface area contributed by atoms with Crippen LogP contribution in [0.3, 0.4) is 0 Å². The van der Waals surface area contributed by atoms with Crippen molar-refractivity contribution in [2.24, 2.45) is 0 Å². The third-order valence-corrected chi connectivity index (χ3v) is 4.00. The van der Waals surface area contributed by atoms with Gasteiger partial charge in [0.2, 0.25) is 0 Å². The zero-order valence-electron chi connectivity index (χ0n) is 13.0. The standard InChI is InChI=1S/C15H16F3N3O2S/c1-3-11(9-4-6-10(23-2)7-5-9)19-13(22)21-14-20-12(8-24-14)15(16,17)18/h4-8,11H,3H2,1-2H3,(H2,19,20,21,22). The second-order valence-corrected chi connectivity index (χ2v) is 5.73. The number of anilines is 1. The molecule has 0 spiro atoms. The monoisotopic (exact) mass is 359 g/mol. The first-order valence-corrected chi connectivity index (χ1v) is 7.95. The quantitative estimate of drug-likeness (QED) is 0.829. The van der Waals surface area contributed by atoms with E-state index in [-0.39, 0.29) is 11.2 Å². The maximum Gasteiger partial charge on any atom is 0.434 e. The number of carbonyl (C=O) groups is 1. The van der Waals surface area contributed by atoms with E-state index >= 15 is 0 Å².